The van der Waals surface area contributed by atoms with Gasteiger partial charge in [0.25, 0.3) is 0 Å². The lowest BCUT2D eigenvalue weighted by atomic mass is 10.2. The fourth-order valence-electron chi connectivity index (χ4n) is 2.78. The van der Waals surface area contributed by atoms with E-state index in [4.69, 9.17) is 9.40 Å². The van der Waals surface area contributed by atoms with Crippen LogP contribution in [0.4, 0.5) is 5.69 Å². The first-order valence-electron chi connectivity index (χ1n) is 7.26. The van der Waals surface area contributed by atoms with Gasteiger partial charge in [-0.05, 0) is 23.6 Å². The molecule has 4 nitrogen and oxygen atoms in total. The van der Waals surface area contributed by atoms with E-state index in [1.165, 1.54) is 10.6 Å². The summed E-state index contributed by atoms with van der Waals surface area (Å²) in [5.41, 5.74) is 3.07. The zero-order chi connectivity index (χ0) is 14.1. The highest BCUT2D eigenvalue weighted by Gasteiger charge is 2.17. The zero-order valence-corrected chi connectivity index (χ0v) is 12.5. The molecule has 0 unspecified atom stereocenters. The van der Waals surface area contributed by atoms with E-state index in [0.717, 1.165) is 49.6 Å². The van der Waals surface area contributed by atoms with E-state index in [1.807, 2.05) is 6.07 Å². The topological polar surface area (TPSA) is 41.3 Å². The van der Waals surface area contributed by atoms with Crippen molar-refractivity contribution in [2.45, 2.75) is 6.42 Å². The van der Waals surface area contributed by atoms with Crippen LogP contribution in [0.2, 0.25) is 0 Å². The largest absolute Gasteiger partial charge is 0.440 e. The number of nitrogens with zero attached hydrogens (tertiary/aromatic N) is 2. The first-order valence-corrected chi connectivity index (χ1v) is 8.14. The van der Waals surface area contributed by atoms with Crippen LogP contribution in [0.15, 0.2) is 40.1 Å². The van der Waals surface area contributed by atoms with Gasteiger partial charge in [0.05, 0.1) is 12.1 Å². The molecule has 0 amide bonds. The molecular weight excluding hydrogens is 282 g/mol. The number of hydrogen-bond acceptors (Lipinski definition) is 5. The van der Waals surface area contributed by atoms with Crippen LogP contribution in [0.3, 0.4) is 0 Å². The van der Waals surface area contributed by atoms with E-state index in [2.05, 4.69) is 39.9 Å². The van der Waals surface area contributed by atoms with Gasteiger partial charge in [0.2, 0.25) is 5.89 Å². The van der Waals surface area contributed by atoms with Gasteiger partial charge in [-0.2, -0.15) is 0 Å². The van der Waals surface area contributed by atoms with Crippen LogP contribution in [0.25, 0.3) is 11.1 Å². The summed E-state index contributed by atoms with van der Waals surface area (Å²) in [6.07, 6.45) is 0.771. The molecule has 0 aliphatic carbocycles. The second kappa shape index (κ2) is 5.50. The molecule has 1 saturated heterocycles. The molecule has 0 bridgehead atoms. The van der Waals surface area contributed by atoms with E-state index in [-0.39, 0.29) is 0 Å². The molecule has 21 heavy (non-hydrogen) atoms. The van der Waals surface area contributed by atoms with Gasteiger partial charge in [-0.15, -0.1) is 11.3 Å². The first-order chi connectivity index (χ1) is 10.4. The van der Waals surface area contributed by atoms with Crippen molar-refractivity contribution in [2.24, 2.45) is 0 Å². The average molecular weight is 299 g/mol. The molecule has 3 heterocycles. The van der Waals surface area contributed by atoms with Crippen molar-refractivity contribution in [1.29, 1.82) is 0 Å². The molecule has 1 N–H and O–H groups in total. The number of benzene rings is 1. The minimum atomic E-state index is 0.771. The quantitative estimate of drug-likeness (QED) is 0.807. The van der Waals surface area contributed by atoms with E-state index in [0.29, 0.717) is 0 Å². The number of oxazole rings is 1. The number of nitrogens with one attached hydrogen (secondary N) is 1. The molecule has 1 fully saturated rings. The Labute approximate surface area is 127 Å². The Kier molecular flexibility index (Phi) is 3.37. The van der Waals surface area contributed by atoms with Crippen LogP contribution in [0.5, 0.6) is 0 Å². The Morgan fingerprint density at radius 2 is 2.10 bits per heavy atom. The second-order valence-electron chi connectivity index (χ2n) is 5.22. The number of rotatable bonds is 3. The van der Waals surface area contributed by atoms with Crippen molar-refractivity contribution in [2.75, 3.05) is 31.1 Å². The van der Waals surface area contributed by atoms with E-state index < -0.39 is 0 Å². The summed E-state index contributed by atoms with van der Waals surface area (Å²) >= 11 is 1.74. The maximum absolute atomic E-state index is 5.93. The molecule has 5 heteroatoms. The minimum Gasteiger partial charge on any atom is -0.440 e. The highest BCUT2D eigenvalue weighted by Crippen LogP contribution is 2.28. The summed E-state index contributed by atoms with van der Waals surface area (Å²) in [4.78, 5) is 8.41. The van der Waals surface area contributed by atoms with E-state index in [1.54, 1.807) is 11.3 Å². The number of piperazine rings is 1. The van der Waals surface area contributed by atoms with Gasteiger partial charge in [-0.1, -0.05) is 12.1 Å². The molecule has 3 aromatic rings. The van der Waals surface area contributed by atoms with Gasteiger partial charge < -0.3 is 14.6 Å². The molecule has 108 valence electrons. The molecule has 2 aromatic heterocycles. The van der Waals surface area contributed by atoms with E-state index >= 15 is 0 Å². The van der Waals surface area contributed by atoms with E-state index in [9.17, 15) is 0 Å². The van der Waals surface area contributed by atoms with Crippen LogP contribution in [-0.4, -0.2) is 31.2 Å². The van der Waals surface area contributed by atoms with Crippen molar-refractivity contribution in [1.82, 2.24) is 10.3 Å². The zero-order valence-electron chi connectivity index (χ0n) is 11.7. The lowest BCUT2D eigenvalue weighted by Crippen LogP contribution is -2.43. The molecule has 1 aromatic carbocycles. The van der Waals surface area contributed by atoms with Crippen LogP contribution in [0.1, 0.15) is 10.8 Å². The third kappa shape index (κ3) is 2.54. The lowest BCUT2D eigenvalue weighted by molar-refractivity contribution is 0.545. The van der Waals surface area contributed by atoms with Gasteiger partial charge in [0.1, 0.15) is 5.52 Å². The van der Waals surface area contributed by atoms with Crippen molar-refractivity contribution in [3.05, 3.63) is 46.5 Å². The molecule has 0 saturated carbocycles. The third-order valence-electron chi connectivity index (χ3n) is 3.81. The Balaban J connectivity index is 1.69. The van der Waals surface area contributed by atoms with Crippen molar-refractivity contribution >= 4 is 28.1 Å². The summed E-state index contributed by atoms with van der Waals surface area (Å²) < 4.78 is 5.93. The fourth-order valence-corrected chi connectivity index (χ4v) is 3.47. The van der Waals surface area contributed by atoms with Crippen molar-refractivity contribution in [3.63, 3.8) is 0 Å². The predicted molar refractivity (Wildman–Crippen MR) is 86.2 cm³/mol. The summed E-state index contributed by atoms with van der Waals surface area (Å²) in [6, 6.07) is 10.4. The number of aromatic nitrogens is 1. The maximum atomic E-state index is 5.93. The van der Waals surface area contributed by atoms with Crippen LogP contribution in [-0.2, 0) is 6.42 Å². The number of hydrogen-bond donors (Lipinski definition) is 1. The fraction of sp³-hybridized carbons (Fsp3) is 0.312. The molecular formula is C16H17N3OS. The third-order valence-corrected chi connectivity index (χ3v) is 4.68. The van der Waals surface area contributed by atoms with Gasteiger partial charge in [0, 0.05) is 31.1 Å². The molecule has 0 spiro atoms. The van der Waals surface area contributed by atoms with Gasteiger partial charge >= 0.3 is 0 Å². The van der Waals surface area contributed by atoms with Crippen molar-refractivity contribution < 1.29 is 4.42 Å². The second-order valence-corrected chi connectivity index (χ2v) is 6.26. The number of thiophene rings is 1. The highest BCUT2D eigenvalue weighted by atomic mass is 32.1. The number of para-hydroxylation sites is 1. The Morgan fingerprint density at radius 1 is 1.19 bits per heavy atom. The molecule has 1 aliphatic rings. The first kappa shape index (κ1) is 12.9. The summed E-state index contributed by atoms with van der Waals surface area (Å²) in [5.74, 6) is 0.801. The molecule has 4 rings (SSSR count). The molecule has 1 aliphatic heterocycles. The normalized spacial score (nSPS) is 15.7. The average Bonchev–Trinajstić information content (AvgIpc) is 3.17. The van der Waals surface area contributed by atoms with Gasteiger partial charge in [-0.3, -0.25) is 0 Å². The minimum absolute atomic E-state index is 0.771. The summed E-state index contributed by atoms with van der Waals surface area (Å²) in [6.45, 7) is 4.09. The summed E-state index contributed by atoms with van der Waals surface area (Å²) in [5, 5.41) is 5.47. The van der Waals surface area contributed by atoms with Crippen LogP contribution in [0, 0.1) is 0 Å². The number of anilines is 1. The van der Waals surface area contributed by atoms with Crippen LogP contribution >= 0.6 is 11.3 Å². The number of fused-ring (bicyclic) bond motifs is 1. The molecule has 0 atom stereocenters. The van der Waals surface area contributed by atoms with Gasteiger partial charge in [0.15, 0.2) is 5.58 Å². The lowest BCUT2D eigenvalue weighted by Gasteiger charge is -2.29. The van der Waals surface area contributed by atoms with Crippen LogP contribution < -0.4 is 10.2 Å². The van der Waals surface area contributed by atoms with Crippen molar-refractivity contribution in [3.8, 4) is 0 Å². The molecule has 0 radical (unpaired) electrons. The SMILES string of the molecule is c1csc(Cc2nc3c(N4CCNCC4)cccc3o2)c1. The smallest absolute Gasteiger partial charge is 0.200 e. The Hall–Kier alpha value is -1.85. The van der Waals surface area contributed by atoms with Gasteiger partial charge in [-0.25, -0.2) is 4.98 Å². The Bertz CT molecular complexity index is 729. The Morgan fingerprint density at radius 3 is 2.90 bits per heavy atom. The summed E-state index contributed by atoms with van der Waals surface area (Å²) in [7, 11) is 0. The standard InChI is InChI=1S/C16H17N3OS/c1-4-13(19-8-6-17-7-9-19)16-14(5-1)20-15(18-16)11-12-3-2-10-21-12/h1-5,10,17H,6-9,11H2. The predicted octanol–water partition coefficient (Wildman–Crippen LogP) is 2.89. The highest BCUT2D eigenvalue weighted by molar-refractivity contribution is 7.09. The monoisotopic (exact) mass is 299 g/mol. The maximum Gasteiger partial charge on any atom is 0.200 e.